The van der Waals surface area contributed by atoms with Crippen molar-refractivity contribution >= 4 is 49.3 Å². The average Bonchev–Trinajstić information content (AvgIpc) is 3.70. The minimum absolute atomic E-state index is 0.513. The SMILES string of the molecule is [C-]#[N+]c1cccc(-c2ccc(-n3c4ccccc4c4cc(C#N)ccc43)cc2)c1-c1cc(C#N)ccc1-n1c2ccccc2c2ccccc21. The molecule has 230 valence electrons. The van der Waals surface area contributed by atoms with Crippen LogP contribution in [0.5, 0.6) is 0 Å². The standard InChI is InChI=1S/C45H25N5/c1-48-39-13-8-12-33(31-19-21-32(22-20-31)49-40-14-5-4-11-36(40)37-25-29(27-46)17-23-43(37)49)45(39)38-26-30(28-47)18-24-44(38)50-41-15-6-2-9-34(41)35-10-3-7-16-42(35)50/h2-26H. The van der Waals surface area contributed by atoms with Gasteiger partial charge in [0, 0.05) is 27.2 Å². The number of benzene rings is 7. The molecule has 2 aromatic heterocycles. The van der Waals surface area contributed by atoms with Crippen molar-refractivity contribution < 1.29 is 0 Å². The van der Waals surface area contributed by atoms with Crippen LogP contribution in [0.3, 0.4) is 0 Å². The van der Waals surface area contributed by atoms with E-state index >= 15 is 0 Å². The second-order valence-corrected chi connectivity index (χ2v) is 12.3. The van der Waals surface area contributed by atoms with Gasteiger partial charge in [0.25, 0.3) is 0 Å². The van der Waals surface area contributed by atoms with Crippen molar-refractivity contribution in [3.8, 4) is 45.8 Å². The van der Waals surface area contributed by atoms with Crippen molar-refractivity contribution in [1.82, 2.24) is 9.13 Å². The van der Waals surface area contributed by atoms with Gasteiger partial charge in [-0.25, -0.2) is 4.85 Å². The summed E-state index contributed by atoms with van der Waals surface area (Å²) in [6, 6.07) is 55.4. The molecule has 0 radical (unpaired) electrons. The van der Waals surface area contributed by atoms with Gasteiger partial charge in [0.2, 0.25) is 0 Å². The summed E-state index contributed by atoms with van der Waals surface area (Å²) in [6.07, 6.45) is 0. The Labute approximate surface area is 288 Å². The Hall–Kier alpha value is -7.39. The van der Waals surface area contributed by atoms with Crippen LogP contribution >= 0.6 is 0 Å². The molecule has 0 spiro atoms. The predicted octanol–water partition coefficient (Wildman–Crippen LogP) is 11.5. The maximum absolute atomic E-state index is 10.1. The molecule has 2 heterocycles. The van der Waals surface area contributed by atoms with E-state index in [0.29, 0.717) is 16.8 Å². The summed E-state index contributed by atoms with van der Waals surface area (Å²) in [4.78, 5) is 4.01. The maximum atomic E-state index is 10.1. The molecule has 0 aliphatic rings. The molecule has 5 heteroatoms. The van der Waals surface area contributed by atoms with Crippen LogP contribution in [0.1, 0.15) is 11.1 Å². The van der Waals surface area contributed by atoms with Gasteiger partial charge < -0.3 is 9.13 Å². The van der Waals surface area contributed by atoms with Crippen molar-refractivity contribution in [1.29, 1.82) is 10.5 Å². The number of para-hydroxylation sites is 3. The Balaban J connectivity index is 1.26. The summed E-state index contributed by atoms with van der Waals surface area (Å²) in [6.45, 7) is 8.24. The number of fused-ring (bicyclic) bond motifs is 6. The largest absolute Gasteiger partial charge is 0.309 e. The van der Waals surface area contributed by atoms with Gasteiger partial charge in [-0.1, -0.05) is 84.9 Å². The molecular formula is C45H25N5. The highest BCUT2D eigenvalue weighted by Gasteiger charge is 2.21. The molecule has 0 bridgehead atoms. The maximum Gasteiger partial charge on any atom is 0.195 e. The smallest absolute Gasteiger partial charge is 0.195 e. The van der Waals surface area contributed by atoms with Crippen molar-refractivity contribution in [2.24, 2.45) is 0 Å². The fourth-order valence-electron chi connectivity index (χ4n) is 7.45. The first kappa shape index (κ1) is 28.8. The number of rotatable bonds is 4. The Morgan fingerprint density at radius 2 is 1.04 bits per heavy atom. The van der Waals surface area contributed by atoms with Gasteiger partial charge in [0.15, 0.2) is 5.69 Å². The molecule has 0 atom stereocenters. The zero-order chi connectivity index (χ0) is 33.8. The second kappa shape index (κ2) is 11.4. The lowest BCUT2D eigenvalue weighted by Crippen LogP contribution is -1.99. The van der Waals surface area contributed by atoms with Crippen LogP contribution in [-0.4, -0.2) is 9.13 Å². The van der Waals surface area contributed by atoms with E-state index in [1.54, 1.807) is 0 Å². The summed E-state index contributed by atoms with van der Waals surface area (Å²) in [5.41, 5.74) is 11.2. The fourth-order valence-corrected chi connectivity index (χ4v) is 7.45. The van der Waals surface area contributed by atoms with Gasteiger partial charge in [-0.05, 0) is 89.0 Å². The molecule has 5 nitrogen and oxygen atoms in total. The third kappa shape index (κ3) is 4.31. The van der Waals surface area contributed by atoms with E-state index in [-0.39, 0.29) is 0 Å². The molecule has 9 aromatic rings. The molecular weight excluding hydrogens is 611 g/mol. The second-order valence-electron chi connectivity index (χ2n) is 12.3. The monoisotopic (exact) mass is 635 g/mol. The minimum Gasteiger partial charge on any atom is -0.309 e. The number of hydrogen-bond acceptors (Lipinski definition) is 2. The highest BCUT2D eigenvalue weighted by atomic mass is 15.0. The van der Waals surface area contributed by atoms with E-state index in [1.807, 2.05) is 72.8 Å². The fraction of sp³-hybridized carbons (Fsp3) is 0. The molecule has 0 aliphatic carbocycles. The molecule has 7 aromatic carbocycles. The quantitative estimate of drug-likeness (QED) is 0.181. The van der Waals surface area contributed by atoms with Gasteiger partial charge in [-0.2, -0.15) is 10.5 Å². The summed E-state index contributed by atoms with van der Waals surface area (Å²) < 4.78 is 4.47. The van der Waals surface area contributed by atoms with E-state index < -0.39 is 0 Å². The minimum atomic E-state index is 0.513. The van der Waals surface area contributed by atoms with Gasteiger partial charge in [0.1, 0.15) is 0 Å². The van der Waals surface area contributed by atoms with Gasteiger partial charge >= 0.3 is 0 Å². The van der Waals surface area contributed by atoms with Crippen LogP contribution in [0.4, 0.5) is 5.69 Å². The lowest BCUT2D eigenvalue weighted by molar-refractivity contribution is 1.18. The zero-order valence-electron chi connectivity index (χ0n) is 26.7. The number of hydrogen-bond donors (Lipinski definition) is 0. The van der Waals surface area contributed by atoms with Crippen LogP contribution in [0, 0.1) is 29.2 Å². The molecule has 0 saturated heterocycles. The Bertz CT molecular complexity index is 2900. The van der Waals surface area contributed by atoms with E-state index in [4.69, 9.17) is 6.57 Å². The Morgan fingerprint density at radius 3 is 1.68 bits per heavy atom. The molecule has 9 rings (SSSR count). The third-order valence-corrected chi connectivity index (χ3v) is 9.62. The van der Waals surface area contributed by atoms with Crippen LogP contribution in [0.15, 0.2) is 152 Å². The summed E-state index contributed by atoms with van der Waals surface area (Å²) >= 11 is 0. The normalized spacial score (nSPS) is 11.1. The molecule has 50 heavy (non-hydrogen) atoms. The first-order chi connectivity index (χ1) is 24.7. The highest BCUT2D eigenvalue weighted by Crippen LogP contribution is 2.45. The molecule has 0 saturated carbocycles. The highest BCUT2D eigenvalue weighted by molar-refractivity contribution is 6.11. The first-order valence-electron chi connectivity index (χ1n) is 16.3. The number of nitrogens with zero attached hydrogens (tertiary/aromatic N) is 5. The number of aromatic nitrogens is 2. The van der Waals surface area contributed by atoms with E-state index in [2.05, 4.69) is 105 Å². The first-order valence-corrected chi connectivity index (χ1v) is 16.3. The number of nitriles is 2. The Morgan fingerprint density at radius 1 is 0.480 bits per heavy atom. The lowest BCUT2D eigenvalue weighted by Gasteiger charge is -2.19. The molecule has 0 unspecified atom stereocenters. The van der Waals surface area contributed by atoms with E-state index in [9.17, 15) is 10.5 Å². The Kier molecular flexibility index (Phi) is 6.56. The van der Waals surface area contributed by atoms with Crippen molar-refractivity contribution in [3.63, 3.8) is 0 Å². The van der Waals surface area contributed by atoms with Gasteiger partial charge in [0.05, 0.1) is 57.6 Å². The van der Waals surface area contributed by atoms with Crippen LogP contribution in [-0.2, 0) is 0 Å². The predicted molar refractivity (Wildman–Crippen MR) is 202 cm³/mol. The van der Waals surface area contributed by atoms with Crippen LogP contribution < -0.4 is 0 Å². The van der Waals surface area contributed by atoms with Gasteiger partial charge in [-0.15, -0.1) is 0 Å². The average molecular weight is 636 g/mol. The molecule has 0 fully saturated rings. The van der Waals surface area contributed by atoms with E-state index in [0.717, 1.165) is 77.2 Å². The lowest BCUT2D eigenvalue weighted by atomic mass is 9.91. The summed E-state index contributed by atoms with van der Waals surface area (Å²) in [5.74, 6) is 0. The molecule has 0 aliphatic heterocycles. The van der Waals surface area contributed by atoms with Crippen molar-refractivity contribution in [2.75, 3.05) is 0 Å². The molecule has 0 amide bonds. The van der Waals surface area contributed by atoms with Crippen LogP contribution in [0.25, 0.3) is 82.1 Å². The topological polar surface area (TPSA) is 61.8 Å². The van der Waals surface area contributed by atoms with Crippen molar-refractivity contribution in [2.45, 2.75) is 0 Å². The third-order valence-electron chi connectivity index (χ3n) is 9.62. The zero-order valence-corrected chi connectivity index (χ0v) is 26.7. The molecule has 0 N–H and O–H groups in total. The summed E-state index contributed by atoms with van der Waals surface area (Å²) in [7, 11) is 0. The van der Waals surface area contributed by atoms with Crippen LogP contribution in [0.2, 0.25) is 0 Å². The van der Waals surface area contributed by atoms with E-state index in [1.165, 1.54) is 0 Å². The van der Waals surface area contributed by atoms with Crippen molar-refractivity contribution in [3.05, 3.63) is 174 Å². The van der Waals surface area contributed by atoms with Gasteiger partial charge in [-0.3, -0.25) is 0 Å². The summed E-state index contributed by atoms with van der Waals surface area (Å²) in [5, 5.41) is 24.0.